The normalized spacial score (nSPS) is 14.1. The Morgan fingerprint density at radius 2 is 1.43 bits per heavy atom. The fourth-order valence-electron chi connectivity index (χ4n) is 7.54. The van der Waals surface area contributed by atoms with E-state index in [-0.39, 0.29) is 6.71 Å². The standard InChI is InChI=1S/C42H32B2N2S/c1-4-16-29(17-5-1)43-33-28-38-41-42(40(33)32-22-10-13-25-36(32)45-30-18-6-2-7-19-30)47-39-27-15-12-24-35(39)44(41)34-23-11-14-26-37(34)46(38)31-20-8-3-9-21-31/h1-6,8-18,20-28,43,45H,7,19H2. The van der Waals surface area contributed by atoms with E-state index in [0.29, 0.717) is 0 Å². The number of fused-ring (bicyclic) bond motifs is 4. The summed E-state index contributed by atoms with van der Waals surface area (Å²) in [5, 5.41) is 3.86. The molecule has 0 unspecified atom stereocenters. The van der Waals surface area contributed by atoms with E-state index in [1.165, 1.54) is 71.0 Å². The summed E-state index contributed by atoms with van der Waals surface area (Å²) in [7, 11) is 0.841. The highest BCUT2D eigenvalue weighted by atomic mass is 32.2. The Bertz CT molecular complexity index is 2190. The van der Waals surface area contributed by atoms with Gasteiger partial charge in [0.25, 0.3) is 0 Å². The lowest BCUT2D eigenvalue weighted by molar-refractivity contribution is 0.967. The number of hydrogen-bond acceptors (Lipinski definition) is 3. The molecule has 2 aliphatic heterocycles. The lowest BCUT2D eigenvalue weighted by Gasteiger charge is -2.41. The molecule has 0 radical (unpaired) electrons. The molecule has 0 saturated heterocycles. The van der Waals surface area contributed by atoms with Crippen LogP contribution in [0, 0.1) is 0 Å². The van der Waals surface area contributed by atoms with Gasteiger partial charge in [0, 0.05) is 43.8 Å². The van der Waals surface area contributed by atoms with Crippen LogP contribution in [-0.2, 0) is 0 Å². The smallest absolute Gasteiger partial charge is 0.249 e. The minimum Gasteiger partial charge on any atom is -0.358 e. The van der Waals surface area contributed by atoms with Crippen molar-refractivity contribution in [2.45, 2.75) is 22.6 Å². The fourth-order valence-corrected chi connectivity index (χ4v) is 8.89. The summed E-state index contributed by atoms with van der Waals surface area (Å²) in [6.45, 7) is 0.143. The van der Waals surface area contributed by atoms with Crippen molar-refractivity contribution >= 4 is 75.8 Å². The van der Waals surface area contributed by atoms with Crippen molar-refractivity contribution in [3.63, 3.8) is 0 Å². The molecule has 0 fully saturated rings. The van der Waals surface area contributed by atoms with Gasteiger partial charge in [-0.15, -0.1) is 0 Å². The van der Waals surface area contributed by atoms with Gasteiger partial charge in [-0.05, 0) is 71.8 Å². The number of anilines is 4. The van der Waals surface area contributed by atoms with E-state index in [0.717, 1.165) is 25.8 Å². The Balaban J connectivity index is 1.36. The second kappa shape index (κ2) is 11.9. The lowest BCUT2D eigenvalue weighted by Crippen LogP contribution is -2.60. The van der Waals surface area contributed by atoms with Gasteiger partial charge in [0.15, 0.2) is 7.28 Å². The molecule has 222 valence electrons. The van der Waals surface area contributed by atoms with E-state index in [9.17, 15) is 0 Å². The van der Waals surface area contributed by atoms with Crippen LogP contribution in [0.4, 0.5) is 22.7 Å². The highest BCUT2D eigenvalue weighted by molar-refractivity contribution is 8.00. The zero-order valence-corrected chi connectivity index (χ0v) is 26.9. The quantitative estimate of drug-likeness (QED) is 0.200. The van der Waals surface area contributed by atoms with Crippen molar-refractivity contribution in [3.8, 4) is 11.1 Å². The Labute approximate surface area is 282 Å². The SMILES string of the molecule is B(c1ccccc1)c1cc2c3c(c1-c1ccccc1NC1=CC=CCC1)Sc1ccccc1B3c1ccccc1N2c1ccccc1. The number of benzene rings is 6. The van der Waals surface area contributed by atoms with Gasteiger partial charge in [-0.1, -0.05) is 143 Å². The van der Waals surface area contributed by atoms with Crippen LogP contribution in [0.1, 0.15) is 12.8 Å². The molecule has 6 aromatic carbocycles. The molecule has 3 aliphatic rings. The highest BCUT2D eigenvalue weighted by Gasteiger charge is 2.42. The van der Waals surface area contributed by atoms with Gasteiger partial charge in [-0.2, -0.15) is 0 Å². The molecular formula is C42H32B2N2S. The van der Waals surface area contributed by atoms with Gasteiger partial charge < -0.3 is 10.2 Å². The first-order valence-corrected chi connectivity index (χ1v) is 17.3. The summed E-state index contributed by atoms with van der Waals surface area (Å²) >= 11 is 1.94. The van der Waals surface area contributed by atoms with Crippen molar-refractivity contribution in [1.82, 2.24) is 0 Å². The maximum Gasteiger partial charge on any atom is 0.249 e. The number of nitrogens with one attached hydrogen (secondary N) is 1. The molecule has 6 aromatic rings. The molecule has 1 aliphatic carbocycles. The predicted octanol–water partition coefficient (Wildman–Crippen LogP) is 7.15. The summed E-state index contributed by atoms with van der Waals surface area (Å²) in [6, 6.07) is 51.3. The first-order valence-electron chi connectivity index (χ1n) is 16.5. The molecule has 0 saturated carbocycles. The van der Waals surface area contributed by atoms with E-state index in [2.05, 4.69) is 168 Å². The second-order valence-electron chi connectivity index (χ2n) is 12.5. The van der Waals surface area contributed by atoms with E-state index in [1.54, 1.807) is 0 Å². The number of nitrogens with zero attached hydrogens (tertiary/aromatic N) is 1. The molecule has 47 heavy (non-hydrogen) atoms. The number of rotatable bonds is 6. The van der Waals surface area contributed by atoms with Crippen molar-refractivity contribution in [2.75, 3.05) is 10.2 Å². The summed E-state index contributed by atoms with van der Waals surface area (Å²) < 4.78 is 0. The summed E-state index contributed by atoms with van der Waals surface area (Å²) in [4.78, 5) is 5.20. The largest absolute Gasteiger partial charge is 0.358 e. The predicted molar refractivity (Wildman–Crippen MR) is 205 cm³/mol. The van der Waals surface area contributed by atoms with Gasteiger partial charge in [-0.25, -0.2) is 0 Å². The maximum atomic E-state index is 3.86. The molecule has 9 rings (SSSR count). The average molecular weight is 618 g/mol. The third kappa shape index (κ3) is 4.94. The third-order valence-electron chi connectivity index (χ3n) is 9.60. The van der Waals surface area contributed by atoms with Gasteiger partial charge >= 0.3 is 0 Å². The van der Waals surface area contributed by atoms with Crippen molar-refractivity contribution in [1.29, 1.82) is 0 Å². The molecule has 0 bridgehead atoms. The third-order valence-corrected chi connectivity index (χ3v) is 10.8. The molecule has 0 aromatic heterocycles. The topological polar surface area (TPSA) is 15.3 Å². The number of hydrogen-bond donors (Lipinski definition) is 1. The van der Waals surface area contributed by atoms with Crippen LogP contribution in [-0.4, -0.2) is 14.0 Å². The Morgan fingerprint density at radius 3 is 2.26 bits per heavy atom. The van der Waals surface area contributed by atoms with Gasteiger partial charge in [-0.3, -0.25) is 0 Å². The minimum atomic E-state index is 0.143. The molecule has 1 N–H and O–H groups in total. The van der Waals surface area contributed by atoms with Crippen LogP contribution in [0.5, 0.6) is 0 Å². The second-order valence-corrected chi connectivity index (χ2v) is 13.5. The summed E-state index contributed by atoms with van der Waals surface area (Å²) in [6.07, 6.45) is 8.72. The van der Waals surface area contributed by atoms with Crippen molar-refractivity contribution in [2.24, 2.45) is 0 Å². The monoisotopic (exact) mass is 618 g/mol. The van der Waals surface area contributed by atoms with Crippen molar-refractivity contribution in [3.05, 3.63) is 163 Å². The Hall–Kier alpha value is -5.12. The van der Waals surface area contributed by atoms with E-state index in [1.807, 2.05) is 11.8 Å². The van der Waals surface area contributed by atoms with Crippen LogP contribution >= 0.6 is 11.8 Å². The molecule has 0 spiro atoms. The molecule has 2 heterocycles. The van der Waals surface area contributed by atoms with E-state index >= 15 is 0 Å². The number of allylic oxidation sites excluding steroid dienone is 4. The lowest BCUT2D eigenvalue weighted by atomic mass is 9.34. The molecular weight excluding hydrogens is 586 g/mol. The maximum absolute atomic E-state index is 3.86. The van der Waals surface area contributed by atoms with E-state index in [4.69, 9.17) is 0 Å². The molecule has 0 atom stereocenters. The first kappa shape index (κ1) is 28.1. The minimum absolute atomic E-state index is 0.143. The highest BCUT2D eigenvalue weighted by Crippen LogP contribution is 2.45. The Morgan fingerprint density at radius 1 is 0.702 bits per heavy atom. The zero-order valence-electron chi connectivity index (χ0n) is 26.1. The van der Waals surface area contributed by atoms with Crippen LogP contribution in [0.15, 0.2) is 173 Å². The summed E-state index contributed by atoms with van der Waals surface area (Å²) in [5.41, 5.74) is 15.5. The van der Waals surface area contributed by atoms with Gasteiger partial charge in [0.1, 0.15) is 0 Å². The van der Waals surface area contributed by atoms with Crippen LogP contribution in [0.2, 0.25) is 0 Å². The fraction of sp³-hybridized carbons (Fsp3) is 0.0476. The molecule has 0 amide bonds. The zero-order chi connectivity index (χ0) is 31.2. The van der Waals surface area contributed by atoms with Crippen LogP contribution in [0.3, 0.4) is 0 Å². The molecule has 2 nitrogen and oxygen atoms in total. The van der Waals surface area contributed by atoms with E-state index < -0.39 is 0 Å². The van der Waals surface area contributed by atoms with Crippen LogP contribution in [0.25, 0.3) is 11.1 Å². The number of para-hydroxylation sites is 3. The molecule has 5 heteroatoms. The Kier molecular flexibility index (Phi) is 7.13. The van der Waals surface area contributed by atoms with Crippen molar-refractivity contribution < 1.29 is 0 Å². The van der Waals surface area contributed by atoms with Gasteiger partial charge in [0.2, 0.25) is 6.71 Å². The first-order chi connectivity index (χ1) is 23.3. The van der Waals surface area contributed by atoms with Gasteiger partial charge in [0.05, 0.1) is 0 Å². The summed E-state index contributed by atoms with van der Waals surface area (Å²) in [5.74, 6) is 0. The average Bonchev–Trinajstić information content (AvgIpc) is 3.13. The van der Waals surface area contributed by atoms with Crippen LogP contribution < -0.4 is 37.5 Å².